The molecule has 1 atom stereocenters. The molecule has 0 saturated carbocycles. The maximum absolute atomic E-state index is 5.69. The molecule has 0 radical (unpaired) electrons. The van der Waals surface area contributed by atoms with Gasteiger partial charge in [0.1, 0.15) is 10.7 Å². The van der Waals surface area contributed by atoms with Gasteiger partial charge in [-0.25, -0.2) is 0 Å². The van der Waals surface area contributed by atoms with Gasteiger partial charge in [-0.05, 0) is 44.0 Å². The average Bonchev–Trinajstić information content (AvgIpc) is 2.17. The molecule has 0 heterocycles. The Bertz CT molecular complexity index is 363. The van der Waals surface area contributed by atoms with E-state index in [0.717, 1.165) is 23.3 Å². The molecule has 1 rings (SSSR count). The van der Waals surface area contributed by atoms with E-state index in [9.17, 15) is 0 Å². The first-order valence-electron chi connectivity index (χ1n) is 5.11. The van der Waals surface area contributed by atoms with E-state index in [0.29, 0.717) is 4.99 Å². The zero-order valence-corrected chi connectivity index (χ0v) is 10.2. The van der Waals surface area contributed by atoms with Gasteiger partial charge in [-0.3, -0.25) is 0 Å². The van der Waals surface area contributed by atoms with Crippen molar-refractivity contribution in [1.29, 1.82) is 0 Å². The zero-order valence-electron chi connectivity index (χ0n) is 9.41. The second kappa shape index (κ2) is 5.12. The highest BCUT2D eigenvalue weighted by Crippen LogP contribution is 2.18. The third-order valence-corrected chi connectivity index (χ3v) is 2.60. The fourth-order valence-corrected chi connectivity index (χ4v) is 1.53. The molecule has 1 aromatic carbocycles. The Balaban J connectivity index is 2.87. The number of benzene rings is 1. The maximum atomic E-state index is 5.69. The molecule has 15 heavy (non-hydrogen) atoms. The zero-order chi connectivity index (χ0) is 11.4. The van der Waals surface area contributed by atoms with E-state index in [1.165, 1.54) is 0 Å². The fraction of sp³-hybridized carbons (Fsp3) is 0.417. The SMILES string of the molecule is CCC(C)Oc1ccc(C(N)=S)c(C)c1. The molecule has 0 bridgehead atoms. The lowest BCUT2D eigenvalue weighted by molar-refractivity contribution is 0.217. The van der Waals surface area contributed by atoms with Crippen LogP contribution in [0, 0.1) is 6.92 Å². The molecule has 3 heteroatoms. The molecule has 82 valence electrons. The minimum Gasteiger partial charge on any atom is -0.491 e. The lowest BCUT2D eigenvalue weighted by atomic mass is 10.1. The third kappa shape index (κ3) is 3.20. The second-order valence-electron chi connectivity index (χ2n) is 3.68. The van der Waals surface area contributed by atoms with Crippen LogP contribution in [-0.4, -0.2) is 11.1 Å². The third-order valence-electron chi connectivity index (χ3n) is 2.38. The Morgan fingerprint density at radius 3 is 2.67 bits per heavy atom. The van der Waals surface area contributed by atoms with Crippen LogP contribution in [0.4, 0.5) is 0 Å². The van der Waals surface area contributed by atoms with Gasteiger partial charge >= 0.3 is 0 Å². The van der Waals surface area contributed by atoms with Gasteiger partial charge in [-0.2, -0.15) is 0 Å². The van der Waals surface area contributed by atoms with Crippen LogP contribution in [0.15, 0.2) is 18.2 Å². The highest BCUT2D eigenvalue weighted by atomic mass is 32.1. The first-order chi connectivity index (χ1) is 7.04. The Morgan fingerprint density at radius 2 is 2.20 bits per heavy atom. The monoisotopic (exact) mass is 223 g/mol. The van der Waals surface area contributed by atoms with Gasteiger partial charge in [0.15, 0.2) is 0 Å². The molecule has 2 nitrogen and oxygen atoms in total. The Labute approximate surface area is 96.4 Å². The summed E-state index contributed by atoms with van der Waals surface area (Å²) in [7, 11) is 0. The van der Waals surface area contributed by atoms with Crippen molar-refractivity contribution in [2.75, 3.05) is 0 Å². The van der Waals surface area contributed by atoms with Crippen molar-refractivity contribution < 1.29 is 4.74 Å². The number of rotatable bonds is 4. The van der Waals surface area contributed by atoms with Crippen molar-refractivity contribution in [3.63, 3.8) is 0 Å². The van der Waals surface area contributed by atoms with Crippen molar-refractivity contribution in [3.05, 3.63) is 29.3 Å². The lowest BCUT2D eigenvalue weighted by Gasteiger charge is -2.14. The summed E-state index contributed by atoms with van der Waals surface area (Å²) in [4.78, 5) is 0.433. The van der Waals surface area contributed by atoms with E-state index in [2.05, 4.69) is 13.8 Å². The van der Waals surface area contributed by atoms with Crippen LogP contribution in [-0.2, 0) is 0 Å². The number of hydrogen-bond donors (Lipinski definition) is 1. The Morgan fingerprint density at radius 1 is 1.53 bits per heavy atom. The van der Waals surface area contributed by atoms with Crippen molar-refractivity contribution in [3.8, 4) is 5.75 Å². The molecule has 0 amide bonds. The maximum Gasteiger partial charge on any atom is 0.120 e. The molecule has 0 aliphatic carbocycles. The molecule has 0 fully saturated rings. The normalized spacial score (nSPS) is 12.2. The molecular weight excluding hydrogens is 206 g/mol. The van der Waals surface area contributed by atoms with Crippen LogP contribution in [0.3, 0.4) is 0 Å². The van der Waals surface area contributed by atoms with Crippen LogP contribution in [0.25, 0.3) is 0 Å². The van der Waals surface area contributed by atoms with Gasteiger partial charge in [-0.15, -0.1) is 0 Å². The Kier molecular flexibility index (Phi) is 4.09. The van der Waals surface area contributed by atoms with Gasteiger partial charge in [0, 0.05) is 5.56 Å². The van der Waals surface area contributed by atoms with E-state index in [4.69, 9.17) is 22.7 Å². The molecule has 0 aliphatic heterocycles. The van der Waals surface area contributed by atoms with Crippen molar-refractivity contribution in [1.82, 2.24) is 0 Å². The fourth-order valence-electron chi connectivity index (χ4n) is 1.30. The van der Waals surface area contributed by atoms with Crippen molar-refractivity contribution in [2.24, 2.45) is 5.73 Å². The number of aryl methyl sites for hydroxylation is 1. The number of thiocarbonyl (C=S) groups is 1. The largest absolute Gasteiger partial charge is 0.491 e. The van der Waals surface area contributed by atoms with Crippen LogP contribution in [0.2, 0.25) is 0 Å². The topological polar surface area (TPSA) is 35.2 Å². The van der Waals surface area contributed by atoms with Crippen molar-refractivity contribution >= 4 is 17.2 Å². The quantitative estimate of drug-likeness (QED) is 0.797. The molecular formula is C12H17NOS. The molecule has 2 N–H and O–H groups in total. The van der Waals surface area contributed by atoms with Crippen molar-refractivity contribution in [2.45, 2.75) is 33.3 Å². The summed E-state index contributed by atoms with van der Waals surface area (Å²) in [5.41, 5.74) is 7.56. The minimum atomic E-state index is 0.236. The predicted molar refractivity (Wildman–Crippen MR) is 67.4 cm³/mol. The van der Waals surface area contributed by atoms with Gasteiger partial charge < -0.3 is 10.5 Å². The number of hydrogen-bond acceptors (Lipinski definition) is 2. The van der Waals surface area contributed by atoms with Gasteiger partial charge in [-0.1, -0.05) is 19.1 Å². The van der Waals surface area contributed by atoms with E-state index in [1.807, 2.05) is 25.1 Å². The van der Waals surface area contributed by atoms with E-state index in [-0.39, 0.29) is 6.10 Å². The van der Waals surface area contributed by atoms with Crippen LogP contribution < -0.4 is 10.5 Å². The smallest absolute Gasteiger partial charge is 0.120 e. The molecule has 0 saturated heterocycles. The molecule has 1 unspecified atom stereocenters. The molecule has 0 aromatic heterocycles. The molecule has 1 aromatic rings. The Hall–Kier alpha value is -1.09. The lowest BCUT2D eigenvalue weighted by Crippen LogP contribution is -2.13. The van der Waals surface area contributed by atoms with Gasteiger partial charge in [0.25, 0.3) is 0 Å². The highest BCUT2D eigenvalue weighted by Gasteiger charge is 2.05. The summed E-state index contributed by atoms with van der Waals surface area (Å²) < 4.78 is 5.69. The highest BCUT2D eigenvalue weighted by molar-refractivity contribution is 7.80. The summed E-state index contributed by atoms with van der Waals surface area (Å²) in [6.45, 7) is 6.13. The summed E-state index contributed by atoms with van der Waals surface area (Å²) >= 11 is 4.94. The summed E-state index contributed by atoms with van der Waals surface area (Å²) in [5.74, 6) is 0.877. The molecule has 0 spiro atoms. The average molecular weight is 223 g/mol. The summed E-state index contributed by atoms with van der Waals surface area (Å²) in [6, 6.07) is 5.80. The van der Waals surface area contributed by atoms with Crippen LogP contribution in [0.1, 0.15) is 31.4 Å². The first-order valence-corrected chi connectivity index (χ1v) is 5.52. The van der Waals surface area contributed by atoms with Crippen LogP contribution in [0.5, 0.6) is 5.75 Å². The minimum absolute atomic E-state index is 0.236. The van der Waals surface area contributed by atoms with Gasteiger partial charge in [0.05, 0.1) is 6.10 Å². The first kappa shape index (κ1) is 12.0. The number of ether oxygens (including phenoxy) is 1. The van der Waals surface area contributed by atoms with E-state index < -0.39 is 0 Å². The summed E-state index contributed by atoms with van der Waals surface area (Å²) in [6.07, 6.45) is 1.23. The second-order valence-corrected chi connectivity index (χ2v) is 4.12. The van der Waals surface area contributed by atoms with E-state index in [1.54, 1.807) is 0 Å². The predicted octanol–water partition coefficient (Wildman–Crippen LogP) is 2.81. The van der Waals surface area contributed by atoms with Gasteiger partial charge in [0.2, 0.25) is 0 Å². The van der Waals surface area contributed by atoms with E-state index >= 15 is 0 Å². The standard InChI is InChI=1S/C12H17NOS/c1-4-9(3)14-10-5-6-11(12(13)15)8(2)7-10/h5-7,9H,4H2,1-3H3,(H2,13,15). The molecule has 0 aliphatic rings. The number of nitrogens with two attached hydrogens (primary N) is 1. The summed E-state index contributed by atoms with van der Waals surface area (Å²) in [5, 5.41) is 0. The van der Waals surface area contributed by atoms with Crippen LogP contribution >= 0.6 is 12.2 Å².